The quantitative estimate of drug-likeness (QED) is 0.352. The van der Waals surface area contributed by atoms with Crippen molar-refractivity contribution in [3.05, 3.63) is 93.5 Å². The zero-order valence-corrected chi connectivity index (χ0v) is 24.1. The van der Waals surface area contributed by atoms with E-state index in [9.17, 15) is 18.0 Å². The monoisotopic (exact) mass is 575 g/mol. The van der Waals surface area contributed by atoms with E-state index >= 15 is 0 Å². The van der Waals surface area contributed by atoms with Crippen molar-refractivity contribution in [2.75, 3.05) is 17.4 Å². The Morgan fingerprint density at radius 3 is 2.21 bits per heavy atom. The number of carbonyl (C=O) groups excluding carboxylic acids is 2. The summed E-state index contributed by atoms with van der Waals surface area (Å²) in [6.45, 7) is 7.06. The van der Waals surface area contributed by atoms with E-state index < -0.39 is 28.5 Å². The Balaban J connectivity index is 2.07. The third-order valence-corrected chi connectivity index (χ3v) is 8.68. The van der Waals surface area contributed by atoms with E-state index in [-0.39, 0.29) is 17.3 Å². The van der Waals surface area contributed by atoms with Crippen LogP contribution in [0.5, 0.6) is 0 Å². The molecule has 0 saturated heterocycles. The van der Waals surface area contributed by atoms with E-state index in [1.54, 1.807) is 56.3 Å². The molecule has 0 spiro atoms. The van der Waals surface area contributed by atoms with Crippen LogP contribution in [0.15, 0.2) is 71.6 Å². The van der Waals surface area contributed by atoms with Crippen molar-refractivity contribution in [3.63, 3.8) is 0 Å². The first-order chi connectivity index (χ1) is 17.9. The maximum atomic E-state index is 13.9. The van der Waals surface area contributed by atoms with Crippen molar-refractivity contribution < 1.29 is 18.0 Å². The van der Waals surface area contributed by atoms with Gasteiger partial charge in [0.1, 0.15) is 12.6 Å². The Bertz CT molecular complexity index is 1410. The van der Waals surface area contributed by atoms with Crippen LogP contribution in [0.25, 0.3) is 0 Å². The molecule has 3 aromatic carbocycles. The molecule has 0 aliphatic carbocycles. The summed E-state index contributed by atoms with van der Waals surface area (Å²) >= 11 is 12.3. The lowest BCUT2D eigenvalue weighted by Crippen LogP contribution is -2.51. The highest BCUT2D eigenvalue weighted by Crippen LogP contribution is 2.27. The van der Waals surface area contributed by atoms with Crippen LogP contribution >= 0.6 is 23.2 Å². The van der Waals surface area contributed by atoms with Gasteiger partial charge >= 0.3 is 0 Å². The molecule has 1 N–H and O–H groups in total. The number of amides is 2. The summed E-state index contributed by atoms with van der Waals surface area (Å²) < 4.78 is 28.7. The second-order valence-corrected chi connectivity index (χ2v) is 11.6. The van der Waals surface area contributed by atoms with Crippen molar-refractivity contribution in [1.82, 2.24) is 10.2 Å². The number of nitrogens with zero attached hydrogens (tertiary/aromatic N) is 2. The molecule has 0 aliphatic rings. The van der Waals surface area contributed by atoms with Crippen LogP contribution in [-0.2, 0) is 26.2 Å². The molecule has 0 fully saturated rings. The molecule has 0 radical (unpaired) electrons. The van der Waals surface area contributed by atoms with Crippen LogP contribution in [0.3, 0.4) is 0 Å². The second-order valence-electron chi connectivity index (χ2n) is 8.92. The predicted molar refractivity (Wildman–Crippen MR) is 152 cm³/mol. The molecule has 0 aliphatic heterocycles. The summed E-state index contributed by atoms with van der Waals surface area (Å²) in [5.41, 5.74) is 2.82. The van der Waals surface area contributed by atoms with Gasteiger partial charge in [-0.2, -0.15) is 0 Å². The topological polar surface area (TPSA) is 86.8 Å². The highest BCUT2D eigenvalue weighted by atomic mass is 35.5. The van der Waals surface area contributed by atoms with Gasteiger partial charge in [0.15, 0.2) is 0 Å². The third-order valence-electron chi connectivity index (χ3n) is 6.28. The van der Waals surface area contributed by atoms with Crippen LogP contribution in [0, 0.1) is 13.8 Å². The molecule has 1 atom stereocenters. The summed E-state index contributed by atoms with van der Waals surface area (Å²) in [6.07, 6.45) is 0. The predicted octanol–water partition coefficient (Wildman–Crippen LogP) is 5.36. The molecule has 3 aromatic rings. The lowest BCUT2D eigenvalue weighted by atomic mass is 10.1. The number of likely N-dealkylation sites (N-methyl/N-ethyl adjacent to an activating group) is 1. The van der Waals surface area contributed by atoms with Crippen LogP contribution in [0.1, 0.15) is 30.5 Å². The molecule has 202 valence electrons. The summed E-state index contributed by atoms with van der Waals surface area (Å²) in [4.78, 5) is 28.0. The zero-order chi connectivity index (χ0) is 28.0. The lowest BCUT2D eigenvalue weighted by Gasteiger charge is -2.32. The summed E-state index contributed by atoms with van der Waals surface area (Å²) in [5, 5.41) is 3.56. The number of hydrogen-bond donors (Lipinski definition) is 1. The number of sulfonamides is 1. The molecule has 0 bridgehead atoms. The van der Waals surface area contributed by atoms with Gasteiger partial charge in [0, 0.05) is 23.1 Å². The van der Waals surface area contributed by atoms with Gasteiger partial charge in [-0.05, 0) is 86.8 Å². The normalized spacial score (nSPS) is 12.1. The number of halogens is 2. The summed E-state index contributed by atoms with van der Waals surface area (Å²) in [5.74, 6) is -0.911. The maximum Gasteiger partial charge on any atom is 0.264 e. The molecule has 0 heterocycles. The largest absolute Gasteiger partial charge is 0.355 e. The number of aryl methyl sites for hydroxylation is 2. The Morgan fingerprint density at radius 1 is 0.947 bits per heavy atom. The maximum absolute atomic E-state index is 13.9. The first-order valence-corrected chi connectivity index (χ1v) is 14.3. The average Bonchev–Trinajstić information content (AvgIpc) is 2.88. The minimum atomic E-state index is -4.17. The number of hydrogen-bond acceptors (Lipinski definition) is 4. The number of benzene rings is 3. The van der Waals surface area contributed by atoms with Gasteiger partial charge in [0.2, 0.25) is 11.8 Å². The molecule has 1 unspecified atom stereocenters. The van der Waals surface area contributed by atoms with Gasteiger partial charge in [0.05, 0.1) is 10.6 Å². The molecule has 0 saturated carbocycles. The van der Waals surface area contributed by atoms with E-state index in [0.717, 1.165) is 15.4 Å². The van der Waals surface area contributed by atoms with Gasteiger partial charge in [-0.3, -0.25) is 13.9 Å². The van der Waals surface area contributed by atoms with E-state index in [0.29, 0.717) is 27.8 Å². The highest BCUT2D eigenvalue weighted by molar-refractivity contribution is 7.92. The first-order valence-electron chi connectivity index (χ1n) is 12.1. The fourth-order valence-electron chi connectivity index (χ4n) is 3.86. The molecular weight excluding hydrogens is 545 g/mol. The molecule has 0 aromatic heterocycles. The fraction of sp³-hybridized carbons (Fsp3) is 0.286. The molecule has 38 heavy (non-hydrogen) atoms. The average molecular weight is 577 g/mol. The van der Waals surface area contributed by atoms with E-state index in [1.165, 1.54) is 29.2 Å². The zero-order valence-electron chi connectivity index (χ0n) is 21.7. The number of anilines is 1. The Morgan fingerprint density at radius 2 is 1.61 bits per heavy atom. The van der Waals surface area contributed by atoms with Gasteiger partial charge in [0.25, 0.3) is 10.0 Å². The van der Waals surface area contributed by atoms with Crippen molar-refractivity contribution >= 4 is 50.7 Å². The van der Waals surface area contributed by atoms with E-state index in [2.05, 4.69) is 5.32 Å². The summed E-state index contributed by atoms with van der Waals surface area (Å²) in [6, 6.07) is 17.1. The van der Waals surface area contributed by atoms with Crippen molar-refractivity contribution in [1.29, 1.82) is 0 Å². The van der Waals surface area contributed by atoms with Gasteiger partial charge < -0.3 is 10.2 Å². The van der Waals surface area contributed by atoms with Gasteiger partial charge in [-0.1, -0.05) is 47.5 Å². The van der Waals surface area contributed by atoms with Gasteiger partial charge in [-0.25, -0.2) is 8.42 Å². The Labute approximate surface area is 234 Å². The van der Waals surface area contributed by atoms with Crippen LogP contribution in [0.2, 0.25) is 10.0 Å². The minimum Gasteiger partial charge on any atom is -0.355 e. The smallest absolute Gasteiger partial charge is 0.264 e. The lowest BCUT2D eigenvalue weighted by molar-refractivity contribution is -0.139. The molecule has 7 nitrogen and oxygen atoms in total. The Kier molecular flexibility index (Phi) is 9.82. The fourth-order valence-corrected chi connectivity index (χ4v) is 5.59. The van der Waals surface area contributed by atoms with Crippen LogP contribution < -0.4 is 9.62 Å². The number of nitrogens with one attached hydrogen (secondary N) is 1. The minimum absolute atomic E-state index is 0.0117. The molecule has 2 amide bonds. The number of carbonyl (C=O) groups is 2. The van der Waals surface area contributed by atoms with Gasteiger partial charge in [-0.15, -0.1) is 0 Å². The van der Waals surface area contributed by atoms with E-state index in [4.69, 9.17) is 23.2 Å². The van der Waals surface area contributed by atoms with Crippen molar-refractivity contribution in [3.8, 4) is 0 Å². The SMILES string of the molecule is CCNC(=O)C(C)N(Cc1ccccc1Cl)C(=O)CN(c1ccc(C)c(C)c1)S(=O)(=O)c1ccc(Cl)cc1. The molecule has 3 rings (SSSR count). The molecular formula is C28H31Cl2N3O4S. The first kappa shape index (κ1) is 29.5. The Hall–Kier alpha value is -3.07. The van der Waals surface area contributed by atoms with Crippen LogP contribution in [0.4, 0.5) is 5.69 Å². The standard InChI is InChI=1S/C28H31Cl2N3O4S/c1-5-31-28(35)21(4)32(17-22-8-6-7-9-26(22)30)27(34)18-33(24-13-10-19(2)20(3)16-24)38(36,37)25-14-11-23(29)12-15-25/h6-16,21H,5,17-18H2,1-4H3,(H,31,35). The summed E-state index contributed by atoms with van der Waals surface area (Å²) in [7, 11) is -4.17. The van der Waals surface area contributed by atoms with Crippen molar-refractivity contribution in [2.45, 2.75) is 45.2 Å². The van der Waals surface area contributed by atoms with E-state index in [1.807, 2.05) is 13.8 Å². The van der Waals surface area contributed by atoms with Crippen LogP contribution in [-0.4, -0.2) is 44.3 Å². The third kappa shape index (κ3) is 6.87. The highest BCUT2D eigenvalue weighted by Gasteiger charge is 2.32. The molecule has 10 heteroatoms. The second kappa shape index (κ2) is 12.7. The number of rotatable bonds is 10. The van der Waals surface area contributed by atoms with Crippen molar-refractivity contribution in [2.24, 2.45) is 0 Å².